The number of nitrogens with zero attached hydrogens (tertiary/aromatic N) is 2. The van der Waals surface area contributed by atoms with E-state index < -0.39 is 5.97 Å². The SMILES string of the molecule is COC(=O)CN(C)C(=O)c1ccc(C2=N[C@@H]3CCCC[C@@H]3c3cc(OC)c(OC)cc32)cc1. The second-order valence-electron chi connectivity index (χ2n) is 8.55. The van der Waals surface area contributed by atoms with E-state index in [1.165, 1.54) is 30.4 Å². The predicted octanol–water partition coefficient (Wildman–Crippen LogP) is 3.83. The number of rotatable bonds is 6. The van der Waals surface area contributed by atoms with Crippen molar-refractivity contribution in [3.8, 4) is 11.5 Å². The Labute approximate surface area is 194 Å². The van der Waals surface area contributed by atoms with Gasteiger partial charge in [0.25, 0.3) is 5.91 Å². The lowest BCUT2D eigenvalue weighted by atomic mass is 9.75. The lowest BCUT2D eigenvalue weighted by molar-refractivity contribution is -0.141. The Morgan fingerprint density at radius 1 is 1.00 bits per heavy atom. The Bertz CT molecular complexity index is 1080. The van der Waals surface area contributed by atoms with Crippen LogP contribution in [0.5, 0.6) is 11.5 Å². The van der Waals surface area contributed by atoms with Crippen molar-refractivity contribution in [3.63, 3.8) is 0 Å². The maximum atomic E-state index is 12.7. The fourth-order valence-corrected chi connectivity index (χ4v) is 4.82. The summed E-state index contributed by atoms with van der Waals surface area (Å²) in [5, 5.41) is 0. The molecular weight excluding hydrogens is 420 g/mol. The van der Waals surface area contributed by atoms with Gasteiger partial charge in [-0.3, -0.25) is 14.6 Å². The number of ether oxygens (including phenoxy) is 3. The molecule has 1 heterocycles. The molecule has 0 radical (unpaired) electrons. The van der Waals surface area contributed by atoms with E-state index >= 15 is 0 Å². The highest BCUT2D eigenvalue weighted by atomic mass is 16.5. The van der Waals surface area contributed by atoms with Crippen LogP contribution in [0.15, 0.2) is 41.4 Å². The molecular formula is C26H30N2O5. The van der Waals surface area contributed by atoms with Gasteiger partial charge in [0.15, 0.2) is 11.5 Å². The van der Waals surface area contributed by atoms with Crippen molar-refractivity contribution in [3.05, 3.63) is 58.7 Å². The second kappa shape index (κ2) is 9.65. The van der Waals surface area contributed by atoms with E-state index in [1.807, 2.05) is 18.2 Å². The lowest BCUT2D eigenvalue weighted by Gasteiger charge is -2.35. The molecule has 0 aromatic heterocycles. The fourth-order valence-electron chi connectivity index (χ4n) is 4.82. The number of benzene rings is 2. The first-order valence-electron chi connectivity index (χ1n) is 11.2. The molecule has 0 N–H and O–H groups in total. The molecule has 0 spiro atoms. The van der Waals surface area contributed by atoms with E-state index in [0.717, 1.165) is 35.4 Å². The van der Waals surface area contributed by atoms with Crippen LogP contribution in [0.1, 0.15) is 58.6 Å². The highest BCUT2D eigenvalue weighted by Gasteiger charge is 2.34. The van der Waals surface area contributed by atoms with Crippen LogP contribution in [0.25, 0.3) is 0 Å². The summed E-state index contributed by atoms with van der Waals surface area (Å²) in [4.78, 5) is 30.7. The molecule has 1 fully saturated rings. The number of carbonyl (C=O) groups is 2. The van der Waals surface area contributed by atoms with Crippen molar-refractivity contribution in [2.24, 2.45) is 4.99 Å². The monoisotopic (exact) mass is 450 g/mol. The summed E-state index contributed by atoms with van der Waals surface area (Å²) in [7, 11) is 6.18. The Morgan fingerprint density at radius 2 is 1.67 bits per heavy atom. The van der Waals surface area contributed by atoms with Crippen LogP contribution in [0, 0.1) is 0 Å². The largest absolute Gasteiger partial charge is 0.493 e. The summed E-state index contributed by atoms with van der Waals surface area (Å²) in [6.45, 7) is -0.0954. The molecule has 2 atom stereocenters. The van der Waals surface area contributed by atoms with Crippen molar-refractivity contribution < 1.29 is 23.8 Å². The lowest BCUT2D eigenvalue weighted by Crippen LogP contribution is -2.32. The summed E-state index contributed by atoms with van der Waals surface area (Å²) < 4.78 is 15.8. The van der Waals surface area contributed by atoms with Gasteiger partial charge >= 0.3 is 5.97 Å². The summed E-state index contributed by atoms with van der Waals surface area (Å²) in [6.07, 6.45) is 4.57. The van der Waals surface area contributed by atoms with E-state index in [9.17, 15) is 9.59 Å². The van der Waals surface area contributed by atoms with Crippen LogP contribution in [-0.4, -0.2) is 63.5 Å². The molecule has 7 nitrogen and oxygen atoms in total. The molecule has 0 unspecified atom stereocenters. The van der Waals surface area contributed by atoms with Gasteiger partial charge in [-0.05, 0) is 42.7 Å². The Morgan fingerprint density at radius 3 is 2.33 bits per heavy atom. The molecule has 7 heteroatoms. The van der Waals surface area contributed by atoms with E-state index in [-0.39, 0.29) is 18.5 Å². The number of hydrogen-bond acceptors (Lipinski definition) is 6. The summed E-state index contributed by atoms with van der Waals surface area (Å²) >= 11 is 0. The molecule has 2 aromatic carbocycles. The third-order valence-electron chi connectivity index (χ3n) is 6.58. The first kappa shape index (κ1) is 22.8. The Hall–Kier alpha value is -3.35. The molecule has 1 aliphatic carbocycles. The predicted molar refractivity (Wildman–Crippen MR) is 126 cm³/mol. The van der Waals surface area contributed by atoms with Gasteiger partial charge in [0, 0.05) is 29.7 Å². The molecule has 2 aromatic rings. The van der Waals surface area contributed by atoms with Crippen LogP contribution in [0.2, 0.25) is 0 Å². The number of carbonyl (C=O) groups excluding carboxylic acids is 2. The summed E-state index contributed by atoms with van der Waals surface area (Å²) in [6, 6.07) is 11.8. The molecule has 0 bridgehead atoms. The zero-order valence-corrected chi connectivity index (χ0v) is 19.6. The zero-order valence-electron chi connectivity index (χ0n) is 19.6. The standard InChI is InChI=1S/C26H30N2O5/c1-28(15-24(29)33-4)26(30)17-11-9-16(10-12-17)25-20-14-23(32-3)22(31-2)13-19(20)18-7-5-6-8-21(18)27-25/h9-14,18,21H,5-8,15H2,1-4H3/t18-,21-/m1/s1. The molecule has 1 saturated carbocycles. The average molecular weight is 451 g/mol. The number of amides is 1. The van der Waals surface area contributed by atoms with Gasteiger partial charge in [-0.25, -0.2) is 0 Å². The molecule has 2 aliphatic rings. The normalized spacial score (nSPS) is 19.0. The number of aliphatic imine (C=N–C) groups is 1. The van der Waals surface area contributed by atoms with Crippen LogP contribution < -0.4 is 9.47 Å². The molecule has 33 heavy (non-hydrogen) atoms. The third-order valence-corrected chi connectivity index (χ3v) is 6.58. The maximum absolute atomic E-state index is 12.7. The first-order chi connectivity index (χ1) is 16.0. The average Bonchev–Trinajstić information content (AvgIpc) is 2.86. The van der Waals surface area contributed by atoms with Gasteiger partial charge in [0.2, 0.25) is 0 Å². The van der Waals surface area contributed by atoms with E-state index in [4.69, 9.17) is 14.5 Å². The first-order valence-corrected chi connectivity index (χ1v) is 11.2. The number of hydrogen-bond donors (Lipinski definition) is 0. The summed E-state index contributed by atoms with van der Waals surface area (Å²) in [5.74, 6) is 1.09. The molecule has 1 amide bonds. The minimum atomic E-state index is -0.456. The molecule has 174 valence electrons. The Balaban J connectivity index is 1.69. The van der Waals surface area contributed by atoms with Gasteiger partial charge in [-0.15, -0.1) is 0 Å². The van der Waals surface area contributed by atoms with Crippen molar-refractivity contribution in [2.75, 3.05) is 34.9 Å². The van der Waals surface area contributed by atoms with Crippen LogP contribution in [-0.2, 0) is 9.53 Å². The van der Waals surface area contributed by atoms with E-state index in [2.05, 4.69) is 10.8 Å². The van der Waals surface area contributed by atoms with Crippen molar-refractivity contribution >= 4 is 17.6 Å². The van der Waals surface area contributed by atoms with E-state index in [0.29, 0.717) is 17.2 Å². The summed E-state index contributed by atoms with van der Waals surface area (Å²) in [5.41, 5.74) is 4.67. The van der Waals surface area contributed by atoms with Crippen LogP contribution in [0.4, 0.5) is 0 Å². The fraction of sp³-hybridized carbons (Fsp3) is 0.423. The number of esters is 1. The topological polar surface area (TPSA) is 77.4 Å². The van der Waals surface area contributed by atoms with Gasteiger partial charge < -0.3 is 19.1 Å². The Kier molecular flexibility index (Phi) is 6.67. The molecule has 1 aliphatic heterocycles. The van der Waals surface area contributed by atoms with Crippen molar-refractivity contribution in [1.29, 1.82) is 0 Å². The number of methoxy groups -OCH3 is 3. The zero-order chi connectivity index (χ0) is 23.5. The number of likely N-dealkylation sites (N-methyl/N-ethyl adjacent to an activating group) is 1. The quantitative estimate of drug-likeness (QED) is 0.625. The van der Waals surface area contributed by atoms with Crippen molar-refractivity contribution in [1.82, 2.24) is 4.90 Å². The highest BCUT2D eigenvalue weighted by molar-refractivity contribution is 6.15. The second-order valence-corrected chi connectivity index (χ2v) is 8.55. The van der Waals surface area contributed by atoms with Crippen molar-refractivity contribution in [2.45, 2.75) is 37.6 Å². The maximum Gasteiger partial charge on any atom is 0.325 e. The number of fused-ring (bicyclic) bond motifs is 3. The van der Waals surface area contributed by atoms with Crippen LogP contribution >= 0.6 is 0 Å². The minimum absolute atomic E-state index is 0.0954. The van der Waals surface area contributed by atoms with Crippen LogP contribution in [0.3, 0.4) is 0 Å². The molecule has 0 saturated heterocycles. The smallest absolute Gasteiger partial charge is 0.325 e. The van der Waals surface area contributed by atoms with Gasteiger partial charge in [0.05, 0.1) is 33.1 Å². The van der Waals surface area contributed by atoms with Gasteiger partial charge in [0.1, 0.15) is 6.54 Å². The molecule has 4 rings (SSSR count). The van der Waals surface area contributed by atoms with Gasteiger partial charge in [-0.2, -0.15) is 0 Å². The third kappa shape index (κ3) is 4.45. The highest BCUT2D eigenvalue weighted by Crippen LogP contribution is 2.44. The van der Waals surface area contributed by atoms with Gasteiger partial charge in [-0.1, -0.05) is 25.0 Å². The minimum Gasteiger partial charge on any atom is -0.493 e. The van der Waals surface area contributed by atoms with E-state index in [1.54, 1.807) is 33.4 Å².